The first-order valence-corrected chi connectivity index (χ1v) is 8.84. The van der Waals surface area contributed by atoms with E-state index in [1.807, 2.05) is 0 Å². The van der Waals surface area contributed by atoms with Crippen molar-refractivity contribution in [2.24, 2.45) is 5.92 Å². The molecule has 1 N–H and O–H groups in total. The number of nitrogens with zero attached hydrogens (tertiary/aromatic N) is 1. The van der Waals surface area contributed by atoms with E-state index in [1.165, 1.54) is 6.07 Å². The molecule has 1 amide bonds. The summed E-state index contributed by atoms with van der Waals surface area (Å²) in [4.78, 5) is 14.4. The highest BCUT2D eigenvalue weighted by Gasteiger charge is 2.26. The van der Waals surface area contributed by atoms with E-state index >= 15 is 0 Å². The Hall–Kier alpha value is -1.13. The van der Waals surface area contributed by atoms with Crippen molar-refractivity contribution in [3.8, 4) is 0 Å². The van der Waals surface area contributed by atoms with E-state index in [1.54, 1.807) is 12.1 Å². The molecular formula is C18H26ClFN2O. The Bertz CT molecular complexity index is 510. The number of hydrogen-bond donors (Lipinski definition) is 1. The molecule has 1 saturated heterocycles. The molecule has 1 aliphatic rings. The van der Waals surface area contributed by atoms with Crippen molar-refractivity contribution in [3.63, 3.8) is 0 Å². The van der Waals surface area contributed by atoms with Crippen molar-refractivity contribution in [3.05, 3.63) is 34.6 Å². The largest absolute Gasteiger partial charge is 0.353 e. The Balaban J connectivity index is 1.83. The van der Waals surface area contributed by atoms with Crippen molar-refractivity contribution in [2.75, 3.05) is 13.1 Å². The van der Waals surface area contributed by atoms with E-state index in [0.29, 0.717) is 17.1 Å². The Kier molecular flexibility index (Phi) is 6.85. The van der Waals surface area contributed by atoms with E-state index in [4.69, 9.17) is 11.6 Å². The molecule has 1 fully saturated rings. The molecular weight excluding hydrogens is 315 g/mol. The first-order chi connectivity index (χ1) is 11.0. The number of carbonyl (C=O) groups excluding carboxylic acids is 1. The SMILES string of the molecule is CCCC(C)NC(=O)C1CCN(Cc2c(F)cccc2Cl)CC1. The number of benzene rings is 1. The van der Waals surface area contributed by atoms with Gasteiger partial charge in [-0.3, -0.25) is 9.69 Å². The highest BCUT2D eigenvalue weighted by Crippen LogP contribution is 2.24. The number of hydrogen-bond acceptors (Lipinski definition) is 2. The quantitative estimate of drug-likeness (QED) is 0.849. The van der Waals surface area contributed by atoms with Crippen molar-refractivity contribution in [2.45, 2.75) is 52.1 Å². The van der Waals surface area contributed by atoms with Crippen LogP contribution in [0.4, 0.5) is 4.39 Å². The summed E-state index contributed by atoms with van der Waals surface area (Å²) >= 11 is 6.08. The molecule has 2 rings (SSSR count). The van der Waals surface area contributed by atoms with Crippen LogP contribution in [-0.4, -0.2) is 29.9 Å². The van der Waals surface area contributed by atoms with Gasteiger partial charge < -0.3 is 5.32 Å². The van der Waals surface area contributed by atoms with Crippen LogP contribution >= 0.6 is 11.6 Å². The summed E-state index contributed by atoms with van der Waals surface area (Å²) in [6, 6.07) is 5.02. The summed E-state index contributed by atoms with van der Waals surface area (Å²) in [6.07, 6.45) is 3.72. The summed E-state index contributed by atoms with van der Waals surface area (Å²) in [7, 11) is 0. The zero-order valence-electron chi connectivity index (χ0n) is 13.9. The van der Waals surface area contributed by atoms with Gasteiger partial charge in [0.05, 0.1) is 0 Å². The third-order valence-corrected chi connectivity index (χ3v) is 4.87. The summed E-state index contributed by atoms with van der Waals surface area (Å²) in [6.45, 7) is 6.27. The van der Waals surface area contributed by atoms with Crippen LogP contribution < -0.4 is 5.32 Å². The normalized spacial score (nSPS) is 17.9. The van der Waals surface area contributed by atoms with Crippen molar-refractivity contribution in [1.82, 2.24) is 10.2 Å². The van der Waals surface area contributed by atoms with Crippen LogP contribution in [0.1, 0.15) is 45.1 Å². The average Bonchev–Trinajstić information content (AvgIpc) is 2.52. The standard InChI is InChI=1S/C18H26ClFN2O/c1-3-5-13(2)21-18(23)14-8-10-22(11-9-14)12-15-16(19)6-4-7-17(15)20/h4,6-7,13-14H,3,5,8-12H2,1-2H3,(H,21,23). The lowest BCUT2D eigenvalue weighted by Crippen LogP contribution is -2.42. The third kappa shape index (κ3) is 5.18. The molecule has 5 heteroatoms. The Morgan fingerprint density at radius 2 is 2.13 bits per heavy atom. The summed E-state index contributed by atoms with van der Waals surface area (Å²) in [5.41, 5.74) is 0.550. The van der Waals surface area contributed by atoms with Gasteiger partial charge in [0.25, 0.3) is 0 Å². The van der Waals surface area contributed by atoms with Crippen LogP contribution in [0.5, 0.6) is 0 Å². The Labute approximate surface area is 143 Å². The molecule has 1 unspecified atom stereocenters. The first kappa shape index (κ1) is 18.2. The summed E-state index contributed by atoms with van der Waals surface area (Å²) in [5, 5.41) is 3.57. The van der Waals surface area contributed by atoms with Crippen LogP contribution in [0, 0.1) is 11.7 Å². The smallest absolute Gasteiger partial charge is 0.223 e. The topological polar surface area (TPSA) is 32.3 Å². The van der Waals surface area contributed by atoms with Gasteiger partial charge in [0.1, 0.15) is 5.82 Å². The zero-order chi connectivity index (χ0) is 16.8. The van der Waals surface area contributed by atoms with E-state index in [2.05, 4.69) is 24.1 Å². The highest BCUT2D eigenvalue weighted by atomic mass is 35.5. The number of piperidine rings is 1. The van der Waals surface area contributed by atoms with Gasteiger partial charge in [0.2, 0.25) is 5.91 Å². The molecule has 128 valence electrons. The second-order valence-corrected chi connectivity index (χ2v) is 6.86. The van der Waals surface area contributed by atoms with Gasteiger partial charge in [0, 0.05) is 29.1 Å². The minimum absolute atomic E-state index is 0.0710. The molecule has 1 aromatic carbocycles. The van der Waals surface area contributed by atoms with Crippen molar-refractivity contribution >= 4 is 17.5 Å². The van der Waals surface area contributed by atoms with Gasteiger partial charge in [-0.2, -0.15) is 0 Å². The summed E-state index contributed by atoms with van der Waals surface area (Å²) in [5.74, 6) is -0.0260. The predicted molar refractivity (Wildman–Crippen MR) is 91.9 cm³/mol. The fraction of sp³-hybridized carbons (Fsp3) is 0.611. The fourth-order valence-electron chi connectivity index (χ4n) is 3.13. The third-order valence-electron chi connectivity index (χ3n) is 4.51. The lowest BCUT2D eigenvalue weighted by Gasteiger charge is -2.32. The average molecular weight is 341 g/mol. The molecule has 1 aliphatic heterocycles. The predicted octanol–water partition coefficient (Wildman–Crippen LogP) is 4.00. The second kappa shape index (κ2) is 8.65. The number of likely N-dealkylation sites (tertiary alicyclic amines) is 1. The van der Waals surface area contributed by atoms with E-state index < -0.39 is 0 Å². The van der Waals surface area contributed by atoms with Gasteiger partial charge in [-0.25, -0.2) is 4.39 Å². The second-order valence-electron chi connectivity index (χ2n) is 6.45. The van der Waals surface area contributed by atoms with Crippen molar-refractivity contribution < 1.29 is 9.18 Å². The molecule has 0 aromatic heterocycles. The summed E-state index contributed by atoms with van der Waals surface area (Å²) < 4.78 is 13.9. The Morgan fingerprint density at radius 1 is 1.43 bits per heavy atom. The van der Waals surface area contributed by atoms with Gasteiger partial charge >= 0.3 is 0 Å². The van der Waals surface area contributed by atoms with Gasteiger partial charge in [0.15, 0.2) is 0 Å². The van der Waals surface area contributed by atoms with Gasteiger partial charge in [-0.1, -0.05) is 31.0 Å². The molecule has 23 heavy (non-hydrogen) atoms. The van der Waals surface area contributed by atoms with E-state index in [0.717, 1.165) is 38.8 Å². The molecule has 0 saturated carbocycles. The number of rotatable bonds is 6. The lowest BCUT2D eigenvalue weighted by atomic mass is 9.95. The van der Waals surface area contributed by atoms with E-state index in [-0.39, 0.29) is 23.7 Å². The maximum absolute atomic E-state index is 13.9. The minimum Gasteiger partial charge on any atom is -0.353 e. The maximum Gasteiger partial charge on any atom is 0.223 e. The monoisotopic (exact) mass is 340 g/mol. The van der Waals surface area contributed by atoms with Crippen molar-refractivity contribution in [1.29, 1.82) is 0 Å². The highest BCUT2D eigenvalue weighted by molar-refractivity contribution is 6.31. The minimum atomic E-state index is -0.259. The maximum atomic E-state index is 13.9. The van der Waals surface area contributed by atoms with Gasteiger partial charge in [-0.15, -0.1) is 0 Å². The molecule has 1 heterocycles. The molecule has 0 spiro atoms. The van der Waals surface area contributed by atoms with Crippen LogP contribution in [0.2, 0.25) is 5.02 Å². The van der Waals surface area contributed by atoms with Gasteiger partial charge in [-0.05, 0) is 51.4 Å². The molecule has 0 aliphatic carbocycles. The first-order valence-electron chi connectivity index (χ1n) is 8.46. The van der Waals surface area contributed by atoms with Crippen LogP contribution in [-0.2, 0) is 11.3 Å². The molecule has 1 aromatic rings. The zero-order valence-corrected chi connectivity index (χ0v) is 14.7. The number of amides is 1. The van der Waals surface area contributed by atoms with Crippen LogP contribution in [0.25, 0.3) is 0 Å². The molecule has 1 atom stereocenters. The molecule has 3 nitrogen and oxygen atoms in total. The lowest BCUT2D eigenvalue weighted by molar-refractivity contribution is -0.127. The molecule has 0 radical (unpaired) electrons. The van der Waals surface area contributed by atoms with E-state index in [9.17, 15) is 9.18 Å². The number of nitrogens with one attached hydrogen (secondary N) is 1. The number of carbonyl (C=O) groups is 1. The van der Waals surface area contributed by atoms with Crippen LogP contribution in [0.15, 0.2) is 18.2 Å². The van der Waals surface area contributed by atoms with Crippen LogP contribution in [0.3, 0.4) is 0 Å². The Morgan fingerprint density at radius 3 is 2.74 bits per heavy atom. The number of halogens is 2. The fourth-order valence-corrected chi connectivity index (χ4v) is 3.35. The molecule has 0 bridgehead atoms.